The SMILES string of the molecule is CN(C[C@H]1C[C@@H](c2ccc(CO)cc2)O[C@@H](c2ccc(NC(=O)CCCCCCC(=O)O)cc2)O1)C[C@@H](O)c1cccc(O)c1. The summed E-state index contributed by atoms with van der Waals surface area (Å²) in [6.07, 6.45) is 2.12. The number of nitrogens with zero attached hydrogens (tertiary/aromatic N) is 1. The first-order valence-corrected chi connectivity index (χ1v) is 15.5. The Hall–Kier alpha value is -3.80. The number of unbranched alkanes of at least 4 members (excludes halogenated alkanes) is 3. The fourth-order valence-electron chi connectivity index (χ4n) is 5.45. The van der Waals surface area contributed by atoms with E-state index >= 15 is 0 Å². The number of benzene rings is 3. The number of ether oxygens (including phenoxy) is 2. The summed E-state index contributed by atoms with van der Waals surface area (Å²) >= 11 is 0. The van der Waals surface area contributed by atoms with Crippen LogP contribution in [0.15, 0.2) is 72.8 Å². The molecule has 1 saturated heterocycles. The maximum Gasteiger partial charge on any atom is 0.303 e. The quantitative estimate of drug-likeness (QED) is 0.132. The third-order valence-corrected chi connectivity index (χ3v) is 7.88. The number of aliphatic hydroxyl groups is 2. The van der Waals surface area contributed by atoms with Crippen molar-refractivity contribution < 1.29 is 39.5 Å². The summed E-state index contributed by atoms with van der Waals surface area (Å²) in [7, 11) is 1.92. The number of carbonyl (C=O) groups excluding carboxylic acids is 1. The maximum atomic E-state index is 12.4. The molecule has 4 atom stereocenters. The molecule has 0 radical (unpaired) electrons. The van der Waals surface area contributed by atoms with Gasteiger partial charge in [0.05, 0.1) is 24.9 Å². The van der Waals surface area contributed by atoms with Crippen LogP contribution in [-0.2, 0) is 25.7 Å². The highest BCUT2D eigenvalue weighted by molar-refractivity contribution is 5.90. The lowest BCUT2D eigenvalue weighted by molar-refractivity contribution is -0.252. The number of aromatic hydroxyl groups is 1. The molecule has 3 aromatic carbocycles. The monoisotopic (exact) mass is 620 g/mol. The average molecular weight is 621 g/mol. The maximum absolute atomic E-state index is 12.4. The van der Waals surface area contributed by atoms with E-state index < -0.39 is 18.4 Å². The number of anilines is 1. The molecule has 0 saturated carbocycles. The lowest BCUT2D eigenvalue weighted by atomic mass is 9.99. The van der Waals surface area contributed by atoms with E-state index in [0.29, 0.717) is 50.0 Å². The van der Waals surface area contributed by atoms with Crippen LogP contribution in [0.25, 0.3) is 0 Å². The summed E-state index contributed by atoms with van der Waals surface area (Å²) in [5.41, 5.74) is 3.89. The molecule has 1 heterocycles. The zero-order valence-electron chi connectivity index (χ0n) is 25.7. The Labute approximate surface area is 264 Å². The number of amides is 1. The van der Waals surface area contributed by atoms with Gasteiger partial charge in [-0.05, 0) is 60.8 Å². The molecule has 0 unspecified atom stereocenters. The molecular formula is C35H44N2O8. The zero-order valence-corrected chi connectivity index (χ0v) is 25.7. The van der Waals surface area contributed by atoms with Crippen LogP contribution in [0, 0.1) is 0 Å². The second kappa shape index (κ2) is 17.0. The van der Waals surface area contributed by atoms with E-state index in [1.165, 1.54) is 0 Å². The molecule has 5 N–H and O–H groups in total. The van der Waals surface area contributed by atoms with Crippen molar-refractivity contribution in [2.24, 2.45) is 0 Å². The topological polar surface area (TPSA) is 149 Å². The predicted molar refractivity (Wildman–Crippen MR) is 169 cm³/mol. The number of carboxylic acid groups (broad SMARTS) is 1. The Morgan fingerprint density at radius 3 is 2.29 bits per heavy atom. The number of aliphatic hydroxyl groups excluding tert-OH is 2. The fourth-order valence-corrected chi connectivity index (χ4v) is 5.45. The number of phenols is 1. The van der Waals surface area contributed by atoms with Crippen molar-refractivity contribution in [2.45, 2.75) is 76.2 Å². The minimum atomic E-state index is -0.795. The van der Waals surface area contributed by atoms with Crippen LogP contribution in [0.1, 0.15) is 85.7 Å². The number of hydrogen-bond donors (Lipinski definition) is 5. The highest BCUT2D eigenvalue weighted by atomic mass is 16.7. The zero-order chi connectivity index (χ0) is 32.2. The van der Waals surface area contributed by atoms with Gasteiger partial charge < -0.3 is 40.1 Å². The number of aliphatic carboxylic acids is 1. The molecule has 1 aliphatic rings. The van der Waals surface area contributed by atoms with Gasteiger partial charge in [0.1, 0.15) is 5.75 Å². The molecule has 1 aliphatic heterocycles. The summed E-state index contributed by atoms with van der Waals surface area (Å²) in [4.78, 5) is 25.0. The molecular weight excluding hydrogens is 576 g/mol. The third kappa shape index (κ3) is 10.9. The Bertz CT molecular complexity index is 1360. The van der Waals surface area contributed by atoms with Gasteiger partial charge in [-0.15, -0.1) is 0 Å². The Balaban J connectivity index is 1.37. The van der Waals surface area contributed by atoms with Gasteiger partial charge in [0.15, 0.2) is 6.29 Å². The van der Waals surface area contributed by atoms with Crippen molar-refractivity contribution in [3.63, 3.8) is 0 Å². The average Bonchev–Trinajstić information content (AvgIpc) is 3.02. The number of carbonyl (C=O) groups is 2. The minimum absolute atomic E-state index is 0.0395. The molecule has 3 aromatic rings. The van der Waals surface area contributed by atoms with Crippen LogP contribution in [0.3, 0.4) is 0 Å². The fraction of sp³-hybridized carbons (Fsp3) is 0.429. The first kappa shape index (κ1) is 34.1. The molecule has 0 spiro atoms. The number of carboxylic acids is 1. The normalized spacial score (nSPS) is 18.9. The largest absolute Gasteiger partial charge is 0.508 e. The van der Waals surface area contributed by atoms with Crippen LogP contribution >= 0.6 is 0 Å². The number of phenolic OH excluding ortho intramolecular Hbond substituents is 1. The number of rotatable bonds is 16. The lowest BCUT2D eigenvalue weighted by Gasteiger charge is -2.38. The van der Waals surface area contributed by atoms with E-state index in [4.69, 9.17) is 14.6 Å². The first-order chi connectivity index (χ1) is 21.7. The highest BCUT2D eigenvalue weighted by Crippen LogP contribution is 2.38. The molecule has 1 amide bonds. The van der Waals surface area contributed by atoms with Gasteiger partial charge in [0.25, 0.3) is 0 Å². The third-order valence-electron chi connectivity index (χ3n) is 7.88. The number of nitrogens with one attached hydrogen (secondary N) is 1. The van der Waals surface area contributed by atoms with Crippen molar-refractivity contribution in [1.29, 1.82) is 0 Å². The highest BCUT2D eigenvalue weighted by Gasteiger charge is 2.33. The summed E-state index contributed by atoms with van der Waals surface area (Å²) in [6, 6.07) is 21.7. The molecule has 0 aliphatic carbocycles. The molecule has 10 nitrogen and oxygen atoms in total. The van der Waals surface area contributed by atoms with E-state index in [9.17, 15) is 24.9 Å². The van der Waals surface area contributed by atoms with Crippen LogP contribution in [0.2, 0.25) is 0 Å². The lowest BCUT2D eigenvalue weighted by Crippen LogP contribution is -2.39. The van der Waals surface area contributed by atoms with Crippen molar-refractivity contribution in [3.05, 3.63) is 95.1 Å². The van der Waals surface area contributed by atoms with E-state index in [0.717, 1.165) is 29.5 Å². The Morgan fingerprint density at radius 2 is 1.62 bits per heavy atom. The molecule has 0 bridgehead atoms. The number of likely N-dealkylation sites (N-methyl/N-ethyl adjacent to an activating group) is 1. The molecule has 45 heavy (non-hydrogen) atoms. The van der Waals surface area contributed by atoms with Crippen LogP contribution in [0.5, 0.6) is 5.75 Å². The number of hydrogen-bond acceptors (Lipinski definition) is 8. The summed E-state index contributed by atoms with van der Waals surface area (Å²) in [5.74, 6) is -0.777. The summed E-state index contributed by atoms with van der Waals surface area (Å²) in [5, 5.41) is 41.7. The smallest absolute Gasteiger partial charge is 0.303 e. The van der Waals surface area contributed by atoms with Crippen molar-refractivity contribution >= 4 is 17.6 Å². The van der Waals surface area contributed by atoms with Crippen LogP contribution in [-0.4, -0.2) is 63.4 Å². The molecule has 4 rings (SSSR count). The molecule has 1 fully saturated rings. The minimum Gasteiger partial charge on any atom is -0.508 e. The van der Waals surface area contributed by atoms with Crippen LogP contribution in [0.4, 0.5) is 5.69 Å². The first-order valence-electron chi connectivity index (χ1n) is 15.5. The summed E-state index contributed by atoms with van der Waals surface area (Å²) in [6.45, 7) is 0.842. The van der Waals surface area contributed by atoms with Gasteiger partial charge in [-0.25, -0.2) is 0 Å². The Kier molecular flexibility index (Phi) is 12.9. The van der Waals surface area contributed by atoms with Crippen molar-refractivity contribution in [3.8, 4) is 5.75 Å². The predicted octanol–water partition coefficient (Wildman–Crippen LogP) is 5.46. The van der Waals surface area contributed by atoms with Crippen LogP contribution < -0.4 is 5.32 Å². The van der Waals surface area contributed by atoms with Gasteiger partial charge in [-0.2, -0.15) is 0 Å². The van der Waals surface area contributed by atoms with Gasteiger partial charge in [-0.1, -0.05) is 61.4 Å². The van der Waals surface area contributed by atoms with Gasteiger partial charge >= 0.3 is 5.97 Å². The van der Waals surface area contributed by atoms with E-state index in [1.54, 1.807) is 24.3 Å². The Morgan fingerprint density at radius 1 is 0.933 bits per heavy atom. The molecule has 0 aromatic heterocycles. The standard InChI is InChI=1S/C35H44N2O8/c1-37(22-31(40)27-7-6-8-29(39)19-27)21-30-20-32(25-13-11-24(23-38)12-14-25)45-35(44-30)26-15-17-28(18-16-26)36-33(41)9-4-2-3-5-10-34(42)43/h6-8,11-19,30-32,35,38-40H,2-5,9-10,20-23H2,1H3,(H,36,41)(H,42,43)/t30-,31-,32+,35+/m1/s1. The van der Waals surface area contributed by atoms with Crippen molar-refractivity contribution in [1.82, 2.24) is 4.90 Å². The van der Waals surface area contributed by atoms with Gasteiger partial charge in [0, 0.05) is 43.6 Å². The molecule has 242 valence electrons. The van der Waals surface area contributed by atoms with Gasteiger partial charge in [0.2, 0.25) is 5.91 Å². The molecule has 10 heteroatoms. The van der Waals surface area contributed by atoms with E-state index in [-0.39, 0.29) is 36.9 Å². The van der Waals surface area contributed by atoms with E-state index in [2.05, 4.69) is 5.32 Å². The van der Waals surface area contributed by atoms with E-state index in [1.807, 2.05) is 60.5 Å². The second-order valence-electron chi connectivity index (χ2n) is 11.7. The van der Waals surface area contributed by atoms with Gasteiger partial charge in [-0.3, -0.25) is 9.59 Å². The summed E-state index contributed by atoms with van der Waals surface area (Å²) < 4.78 is 12.8. The second-order valence-corrected chi connectivity index (χ2v) is 11.7. The van der Waals surface area contributed by atoms with Crippen molar-refractivity contribution in [2.75, 3.05) is 25.5 Å².